The van der Waals surface area contributed by atoms with E-state index in [1.165, 1.54) is 0 Å². The molecule has 17 heavy (non-hydrogen) atoms. The Morgan fingerprint density at radius 1 is 1.12 bits per heavy atom. The van der Waals surface area contributed by atoms with E-state index in [1.54, 1.807) is 48.7 Å². The second kappa shape index (κ2) is 3.40. The normalized spacial score (nSPS) is 22.1. The molecule has 1 aromatic heterocycles. The summed E-state index contributed by atoms with van der Waals surface area (Å²) >= 11 is 0. The Morgan fingerprint density at radius 2 is 1.88 bits per heavy atom. The number of aromatic nitrogens is 1. The highest BCUT2D eigenvalue weighted by Gasteiger charge is 2.43. The fourth-order valence-corrected chi connectivity index (χ4v) is 2.07. The van der Waals surface area contributed by atoms with Gasteiger partial charge in [0.2, 0.25) is 5.72 Å². The Balaban J connectivity index is 2.21. The number of rotatable bonds is 1. The Hall–Kier alpha value is -2.20. The molecule has 0 fully saturated rings. The summed E-state index contributed by atoms with van der Waals surface area (Å²) in [6.45, 7) is 0. The molecular formula is C13H10N2O2. The van der Waals surface area contributed by atoms with E-state index in [4.69, 9.17) is 0 Å². The molecule has 0 saturated heterocycles. The number of hydrogen-bond donors (Lipinski definition) is 2. The first-order valence-corrected chi connectivity index (χ1v) is 5.28. The number of amides is 1. The van der Waals surface area contributed by atoms with Gasteiger partial charge in [-0.1, -0.05) is 24.3 Å². The average molecular weight is 226 g/mol. The predicted molar refractivity (Wildman–Crippen MR) is 61.1 cm³/mol. The third kappa shape index (κ3) is 1.34. The third-order valence-corrected chi connectivity index (χ3v) is 2.89. The van der Waals surface area contributed by atoms with Gasteiger partial charge in [0.1, 0.15) is 0 Å². The van der Waals surface area contributed by atoms with E-state index >= 15 is 0 Å². The number of hydrogen-bond acceptors (Lipinski definition) is 3. The van der Waals surface area contributed by atoms with Crippen LogP contribution in [-0.2, 0) is 5.72 Å². The second-order valence-corrected chi connectivity index (χ2v) is 3.93. The van der Waals surface area contributed by atoms with Crippen LogP contribution in [0.3, 0.4) is 0 Å². The van der Waals surface area contributed by atoms with Gasteiger partial charge in [-0.05, 0) is 18.2 Å². The van der Waals surface area contributed by atoms with E-state index in [0.717, 1.165) is 0 Å². The van der Waals surface area contributed by atoms with Crippen molar-refractivity contribution in [1.29, 1.82) is 0 Å². The molecule has 0 saturated carbocycles. The zero-order chi connectivity index (χ0) is 11.9. The molecule has 0 radical (unpaired) electrons. The molecule has 0 aliphatic carbocycles. The van der Waals surface area contributed by atoms with E-state index in [9.17, 15) is 9.90 Å². The van der Waals surface area contributed by atoms with E-state index in [2.05, 4.69) is 10.3 Å². The predicted octanol–water partition coefficient (Wildman–Crippen LogP) is 1.02. The van der Waals surface area contributed by atoms with Gasteiger partial charge in [0.15, 0.2) is 0 Å². The molecule has 2 N–H and O–H groups in total. The minimum Gasteiger partial charge on any atom is -0.362 e. The van der Waals surface area contributed by atoms with Crippen molar-refractivity contribution in [2.75, 3.05) is 0 Å². The largest absolute Gasteiger partial charge is 0.362 e. The number of nitrogens with zero attached hydrogens (tertiary/aromatic N) is 1. The molecule has 1 amide bonds. The summed E-state index contributed by atoms with van der Waals surface area (Å²) in [7, 11) is 0. The van der Waals surface area contributed by atoms with Gasteiger partial charge >= 0.3 is 0 Å². The van der Waals surface area contributed by atoms with Gasteiger partial charge in [-0.2, -0.15) is 0 Å². The van der Waals surface area contributed by atoms with Crippen LogP contribution < -0.4 is 5.32 Å². The lowest BCUT2D eigenvalue weighted by molar-refractivity contribution is 0.0444. The molecule has 0 spiro atoms. The van der Waals surface area contributed by atoms with Gasteiger partial charge in [-0.25, -0.2) is 0 Å². The van der Waals surface area contributed by atoms with Crippen molar-refractivity contribution in [3.05, 3.63) is 65.5 Å². The summed E-state index contributed by atoms with van der Waals surface area (Å²) in [5.41, 5.74) is -0.0720. The molecule has 1 aliphatic rings. The lowest BCUT2D eigenvalue weighted by atomic mass is 9.98. The SMILES string of the molecule is O=C1NC(O)(c2ccccn2)c2ccccc21. The molecule has 1 unspecified atom stereocenters. The lowest BCUT2D eigenvalue weighted by Crippen LogP contribution is -2.40. The second-order valence-electron chi connectivity index (χ2n) is 3.93. The maximum atomic E-state index is 11.8. The zero-order valence-corrected chi connectivity index (χ0v) is 8.92. The molecule has 3 rings (SSSR count). The van der Waals surface area contributed by atoms with Crippen molar-refractivity contribution in [3.63, 3.8) is 0 Å². The minimum atomic E-state index is -1.52. The molecule has 4 nitrogen and oxygen atoms in total. The molecular weight excluding hydrogens is 216 g/mol. The van der Waals surface area contributed by atoms with Gasteiger partial charge in [-0.3, -0.25) is 9.78 Å². The van der Waals surface area contributed by atoms with Crippen molar-refractivity contribution < 1.29 is 9.90 Å². The number of nitrogens with one attached hydrogen (secondary N) is 1. The van der Waals surface area contributed by atoms with Gasteiger partial charge in [0.05, 0.1) is 5.69 Å². The van der Waals surface area contributed by atoms with Gasteiger partial charge in [0, 0.05) is 17.3 Å². The van der Waals surface area contributed by atoms with E-state index in [0.29, 0.717) is 16.8 Å². The maximum absolute atomic E-state index is 11.8. The summed E-state index contributed by atoms with van der Waals surface area (Å²) < 4.78 is 0. The summed E-state index contributed by atoms with van der Waals surface area (Å²) in [6.07, 6.45) is 1.58. The van der Waals surface area contributed by atoms with E-state index in [-0.39, 0.29) is 5.91 Å². The average Bonchev–Trinajstić information content (AvgIpc) is 2.65. The van der Waals surface area contributed by atoms with Gasteiger partial charge in [-0.15, -0.1) is 0 Å². The highest BCUT2D eigenvalue weighted by molar-refractivity contribution is 6.00. The first-order chi connectivity index (χ1) is 8.22. The summed E-state index contributed by atoms with van der Waals surface area (Å²) in [6, 6.07) is 12.2. The van der Waals surface area contributed by atoms with Crippen molar-refractivity contribution in [2.24, 2.45) is 0 Å². The molecule has 1 aromatic carbocycles. The standard InChI is InChI=1S/C13H10N2O2/c16-12-9-5-1-2-6-10(9)13(17,15-12)11-7-3-4-8-14-11/h1-8,17H,(H,15,16). The first-order valence-electron chi connectivity index (χ1n) is 5.28. The molecule has 2 heterocycles. The number of carbonyl (C=O) groups excluding carboxylic acids is 1. The topological polar surface area (TPSA) is 62.2 Å². The summed E-state index contributed by atoms with van der Waals surface area (Å²) in [5.74, 6) is -0.284. The highest BCUT2D eigenvalue weighted by Crippen LogP contribution is 2.33. The minimum absolute atomic E-state index is 0.284. The summed E-state index contributed by atoms with van der Waals surface area (Å²) in [4.78, 5) is 15.9. The number of aliphatic hydroxyl groups is 1. The quantitative estimate of drug-likeness (QED) is 0.763. The van der Waals surface area contributed by atoms with Crippen LogP contribution in [0.25, 0.3) is 0 Å². The molecule has 1 atom stereocenters. The van der Waals surface area contributed by atoms with Crippen molar-refractivity contribution in [3.8, 4) is 0 Å². The Labute approximate surface area is 97.9 Å². The van der Waals surface area contributed by atoms with Crippen molar-refractivity contribution in [1.82, 2.24) is 10.3 Å². The fraction of sp³-hybridized carbons (Fsp3) is 0.0769. The third-order valence-electron chi connectivity index (χ3n) is 2.89. The van der Waals surface area contributed by atoms with Crippen LogP contribution in [0.2, 0.25) is 0 Å². The number of pyridine rings is 1. The van der Waals surface area contributed by atoms with Gasteiger partial charge in [0.25, 0.3) is 5.91 Å². The van der Waals surface area contributed by atoms with E-state index < -0.39 is 5.72 Å². The van der Waals surface area contributed by atoms with Crippen LogP contribution in [-0.4, -0.2) is 16.0 Å². The smallest absolute Gasteiger partial charge is 0.254 e. The monoisotopic (exact) mass is 226 g/mol. The Kier molecular flexibility index (Phi) is 2.00. The summed E-state index contributed by atoms with van der Waals surface area (Å²) in [5, 5.41) is 13.2. The number of carbonyl (C=O) groups is 1. The molecule has 1 aliphatic heterocycles. The van der Waals surface area contributed by atoms with Crippen LogP contribution in [0, 0.1) is 0 Å². The molecule has 4 heteroatoms. The molecule has 2 aromatic rings. The molecule has 0 bridgehead atoms. The first kappa shape index (κ1) is 9.99. The number of fused-ring (bicyclic) bond motifs is 1. The van der Waals surface area contributed by atoms with Crippen molar-refractivity contribution in [2.45, 2.75) is 5.72 Å². The Morgan fingerprint density at radius 3 is 2.65 bits per heavy atom. The van der Waals surface area contributed by atoms with Gasteiger partial charge < -0.3 is 10.4 Å². The number of benzene rings is 1. The van der Waals surface area contributed by atoms with Crippen LogP contribution in [0.4, 0.5) is 0 Å². The zero-order valence-electron chi connectivity index (χ0n) is 8.92. The highest BCUT2D eigenvalue weighted by atomic mass is 16.3. The van der Waals surface area contributed by atoms with Crippen LogP contribution in [0.5, 0.6) is 0 Å². The maximum Gasteiger partial charge on any atom is 0.254 e. The van der Waals surface area contributed by atoms with Crippen LogP contribution >= 0.6 is 0 Å². The molecule has 84 valence electrons. The van der Waals surface area contributed by atoms with E-state index in [1.807, 2.05) is 0 Å². The Bertz CT molecular complexity index is 583. The van der Waals surface area contributed by atoms with Crippen LogP contribution in [0.1, 0.15) is 21.6 Å². The lowest BCUT2D eigenvalue weighted by Gasteiger charge is -2.22. The van der Waals surface area contributed by atoms with Crippen molar-refractivity contribution >= 4 is 5.91 Å². The fourth-order valence-electron chi connectivity index (χ4n) is 2.07. The van der Waals surface area contributed by atoms with Crippen LogP contribution in [0.15, 0.2) is 48.7 Å².